The van der Waals surface area contributed by atoms with Gasteiger partial charge in [-0.25, -0.2) is 4.79 Å². The largest absolute Gasteiger partial charge is 0.478 e. The van der Waals surface area contributed by atoms with Gasteiger partial charge in [0.2, 0.25) is 0 Å². The van der Waals surface area contributed by atoms with Gasteiger partial charge in [0, 0.05) is 17.1 Å². The summed E-state index contributed by atoms with van der Waals surface area (Å²) in [4.78, 5) is 48.6. The van der Waals surface area contributed by atoms with Crippen LogP contribution in [0.3, 0.4) is 0 Å². The zero-order chi connectivity index (χ0) is 18.3. The summed E-state index contributed by atoms with van der Waals surface area (Å²) in [6.45, 7) is 0. The molecule has 0 radical (unpaired) electrons. The quantitative estimate of drug-likeness (QED) is 0.767. The molecule has 3 amide bonds. The SMILES string of the molecule is CN1C(=O)c2ccc(C(=O)Nc3ccc(Br)cc3C(=O)O)cc2C1=O. The summed E-state index contributed by atoms with van der Waals surface area (Å²) in [5.74, 6) is -2.67. The minimum atomic E-state index is -1.19. The van der Waals surface area contributed by atoms with Gasteiger partial charge in [-0.2, -0.15) is 0 Å². The number of imide groups is 1. The Morgan fingerprint density at radius 3 is 2.40 bits per heavy atom. The molecular formula is C17H11BrN2O5. The second kappa shape index (κ2) is 6.14. The van der Waals surface area contributed by atoms with E-state index in [1.165, 1.54) is 37.4 Å². The Morgan fingerprint density at radius 2 is 1.72 bits per heavy atom. The van der Waals surface area contributed by atoms with Gasteiger partial charge in [-0.05, 0) is 36.4 Å². The maximum absolute atomic E-state index is 12.4. The van der Waals surface area contributed by atoms with Crippen LogP contribution in [0.1, 0.15) is 41.4 Å². The topological polar surface area (TPSA) is 104 Å². The summed E-state index contributed by atoms with van der Waals surface area (Å²) in [7, 11) is 1.37. The summed E-state index contributed by atoms with van der Waals surface area (Å²) in [5, 5.41) is 11.7. The molecule has 0 spiro atoms. The first-order valence-electron chi connectivity index (χ1n) is 7.10. The molecule has 0 saturated carbocycles. The molecule has 3 rings (SSSR count). The van der Waals surface area contributed by atoms with Crippen molar-refractivity contribution in [3.63, 3.8) is 0 Å². The van der Waals surface area contributed by atoms with Crippen molar-refractivity contribution in [3.05, 3.63) is 63.1 Å². The number of benzene rings is 2. The molecule has 7 nitrogen and oxygen atoms in total. The Balaban J connectivity index is 1.93. The first-order valence-corrected chi connectivity index (χ1v) is 7.89. The van der Waals surface area contributed by atoms with Gasteiger partial charge in [-0.3, -0.25) is 19.3 Å². The molecule has 25 heavy (non-hydrogen) atoms. The van der Waals surface area contributed by atoms with Gasteiger partial charge in [0.05, 0.1) is 22.4 Å². The van der Waals surface area contributed by atoms with Crippen molar-refractivity contribution in [2.75, 3.05) is 12.4 Å². The summed E-state index contributed by atoms with van der Waals surface area (Å²) >= 11 is 3.18. The minimum absolute atomic E-state index is 0.0742. The average Bonchev–Trinajstić information content (AvgIpc) is 2.80. The Kier molecular flexibility index (Phi) is 4.13. The molecule has 2 N–H and O–H groups in total. The number of anilines is 1. The van der Waals surface area contributed by atoms with Crippen LogP contribution in [0, 0.1) is 0 Å². The summed E-state index contributed by atoms with van der Waals surface area (Å²) in [6, 6.07) is 8.58. The molecule has 0 aromatic heterocycles. The fourth-order valence-corrected chi connectivity index (χ4v) is 2.86. The van der Waals surface area contributed by atoms with Crippen LogP contribution in [-0.2, 0) is 0 Å². The minimum Gasteiger partial charge on any atom is -0.478 e. The third kappa shape index (κ3) is 2.91. The Bertz CT molecular complexity index is 954. The lowest BCUT2D eigenvalue weighted by Gasteiger charge is -2.09. The molecular weight excluding hydrogens is 392 g/mol. The number of carboxylic acid groups (broad SMARTS) is 1. The summed E-state index contributed by atoms with van der Waals surface area (Å²) in [5.41, 5.74) is 0.582. The maximum atomic E-state index is 12.4. The average molecular weight is 403 g/mol. The van der Waals surface area contributed by atoms with Crippen LogP contribution in [0.2, 0.25) is 0 Å². The molecule has 0 unspecified atom stereocenters. The third-order valence-electron chi connectivity index (χ3n) is 3.81. The van der Waals surface area contributed by atoms with Gasteiger partial charge in [-0.1, -0.05) is 15.9 Å². The predicted molar refractivity (Wildman–Crippen MR) is 91.9 cm³/mol. The second-order valence-corrected chi connectivity index (χ2v) is 6.29. The Labute approximate surface area is 150 Å². The number of nitrogens with one attached hydrogen (secondary N) is 1. The second-order valence-electron chi connectivity index (χ2n) is 5.38. The lowest BCUT2D eigenvalue weighted by Crippen LogP contribution is -2.24. The van der Waals surface area contributed by atoms with Crippen LogP contribution in [0.25, 0.3) is 0 Å². The van der Waals surface area contributed by atoms with Crippen LogP contribution in [-0.4, -0.2) is 40.7 Å². The van der Waals surface area contributed by atoms with Gasteiger partial charge in [0.1, 0.15) is 0 Å². The van der Waals surface area contributed by atoms with E-state index in [2.05, 4.69) is 21.2 Å². The van der Waals surface area contributed by atoms with E-state index in [1.807, 2.05) is 0 Å². The smallest absolute Gasteiger partial charge is 0.337 e. The van der Waals surface area contributed by atoms with Crippen molar-refractivity contribution < 1.29 is 24.3 Å². The van der Waals surface area contributed by atoms with Crippen molar-refractivity contribution in [1.29, 1.82) is 0 Å². The number of hydrogen-bond acceptors (Lipinski definition) is 4. The van der Waals surface area contributed by atoms with Gasteiger partial charge in [0.25, 0.3) is 17.7 Å². The summed E-state index contributed by atoms with van der Waals surface area (Å²) in [6.07, 6.45) is 0. The van der Waals surface area contributed by atoms with Crippen molar-refractivity contribution in [2.24, 2.45) is 0 Å². The molecule has 0 aliphatic carbocycles. The molecule has 126 valence electrons. The van der Waals surface area contributed by atoms with Gasteiger partial charge >= 0.3 is 5.97 Å². The molecule has 0 saturated heterocycles. The highest BCUT2D eigenvalue weighted by molar-refractivity contribution is 9.10. The molecule has 2 aromatic carbocycles. The van der Waals surface area contributed by atoms with Crippen molar-refractivity contribution in [3.8, 4) is 0 Å². The van der Waals surface area contributed by atoms with Crippen LogP contribution >= 0.6 is 15.9 Å². The number of carbonyl (C=O) groups excluding carboxylic acids is 3. The van der Waals surface area contributed by atoms with E-state index < -0.39 is 23.7 Å². The van der Waals surface area contributed by atoms with E-state index in [-0.39, 0.29) is 27.9 Å². The van der Waals surface area contributed by atoms with Crippen LogP contribution in [0.4, 0.5) is 5.69 Å². The molecule has 0 fully saturated rings. The number of halogens is 1. The fourth-order valence-electron chi connectivity index (χ4n) is 2.50. The molecule has 1 aliphatic rings. The third-order valence-corrected chi connectivity index (χ3v) is 4.31. The molecule has 1 aliphatic heterocycles. The first kappa shape index (κ1) is 16.8. The van der Waals surface area contributed by atoms with Crippen molar-refractivity contribution in [1.82, 2.24) is 4.90 Å². The van der Waals surface area contributed by atoms with Crippen molar-refractivity contribution in [2.45, 2.75) is 0 Å². The molecule has 0 atom stereocenters. The van der Waals surface area contributed by atoms with E-state index in [1.54, 1.807) is 6.07 Å². The molecule has 1 heterocycles. The van der Waals surface area contributed by atoms with Crippen molar-refractivity contribution >= 4 is 45.3 Å². The fraction of sp³-hybridized carbons (Fsp3) is 0.0588. The normalized spacial score (nSPS) is 13.0. The number of fused-ring (bicyclic) bond motifs is 1. The van der Waals surface area contributed by atoms with E-state index >= 15 is 0 Å². The number of aromatic carboxylic acids is 1. The lowest BCUT2D eigenvalue weighted by atomic mass is 10.0. The number of rotatable bonds is 3. The van der Waals surface area contributed by atoms with E-state index in [4.69, 9.17) is 0 Å². The molecule has 2 aromatic rings. The number of carbonyl (C=O) groups is 4. The Hall–Kier alpha value is -3.00. The van der Waals surface area contributed by atoms with E-state index in [9.17, 15) is 24.3 Å². The van der Waals surface area contributed by atoms with Crippen LogP contribution in [0.5, 0.6) is 0 Å². The molecule has 8 heteroatoms. The highest BCUT2D eigenvalue weighted by Gasteiger charge is 2.33. The van der Waals surface area contributed by atoms with E-state index in [0.29, 0.717) is 4.47 Å². The zero-order valence-corrected chi connectivity index (χ0v) is 14.5. The lowest BCUT2D eigenvalue weighted by molar-refractivity contribution is 0.0682. The number of hydrogen-bond donors (Lipinski definition) is 2. The highest BCUT2D eigenvalue weighted by Crippen LogP contribution is 2.25. The van der Waals surface area contributed by atoms with Crippen LogP contribution < -0.4 is 5.32 Å². The van der Waals surface area contributed by atoms with Gasteiger partial charge in [-0.15, -0.1) is 0 Å². The number of carboxylic acids is 1. The highest BCUT2D eigenvalue weighted by atomic mass is 79.9. The monoisotopic (exact) mass is 402 g/mol. The van der Waals surface area contributed by atoms with Crippen LogP contribution in [0.15, 0.2) is 40.9 Å². The first-order chi connectivity index (χ1) is 11.8. The standard InChI is InChI=1S/C17H11BrN2O5/c1-20-15(22)10-4-2-8(6-11(10)16(20)23)14(21)19-13-5-3-9(18)7-12(13)17(24)25/h2-7H,1H3,(H,19,21)(H,24,25). The predicted octanol–water partition coefficient (Wildman–Crippen LogP) is 2.63. The summed E-state index contributed by atoms with van der Waals surface area (Å²) < 4.78 is 0.563. The number of amides is 3. The van der Waals surface area contributed by atoms with Gasteiger partial charge < -0.3 is 10.4 Å². The zero-order valence-electron chi connectivity index (χ0n) is 12.9. The number of nitrogens with zero attached hydrogens (tertiary/aromatic N) is 1. The maximum Gasteiger partial charge on any atom is 0.337 e. The van der Waals surface area contributed by atoms with Gasteiger partial charge in [0.15, 0.2) is 0 Å². The van der Waals surface area contributed by atoms with E-state index in [0.717, 1.165) is 4.90 Å². The molecule has 0 bridgehead atoms. The Morgan fingerprint density at radius 1 is 1.04 bits per heavy atom.